The van der Waals surface area contributed by atoms with Crippen molar-refractivity contribution < 1.29 is 0 Å². The molecule has 0 radical (unpaired) electrons. The van der Waals surface area contributed by atoms with Crippen LogP contribution in [0.25, 0.3) is 0 Å². The molecule has 108 valence electrons. The van der Waals surface area contributed by atoms with E-state index in [-0.39, 0.29) is 24.0 Å². The number of hydrogen-bond acceptors (Lipinski definition) is 3. The van der Waals surface area contributed by atoms with Gasteiger partial charge in [0.25, 0.3) is 0 Å². The highest BCUT2D eigenvalue weighted by Crippen LogP contribution is 2.27. The van der Waals surface area contributed by atoms with Gasteiger partial charge in [0, 0.05) is 31.4 Å². The van der Waals surface area contributed by atoms with Crippen LogP contribution in [0.2, 0.25) is 0 Å². The van der Waals surface area contributed by atoms with Gasteiger partial charge in [-0.3, -0.25) is 4.99 Å². The zero-order chi connectivity index (χ0) is 13.0. The predicted octanol–water partition coefficient (Wildman–Crippen LogP) is 2.50. The lowest BCUT2D eigenvalue weighted by atomic mass is 10.3. The van der Waals surface area contributed by atoms with E-state index < -0.39 is 0 Å². The minimum Gasteiger partial charge on any atom is -0.356 e. The average molecular weight is 394 g/mol. The lowest BCUT2D eigenvalue weighted by molar-refractivity contribution is 0.735. The molecule has 6 heteroatoms. The van der Waals surface area contributed by atoms with Gasteiger partial charge in [0.15, 0.2) is 5.96 Å². The third kappa shape index (κ3) is 5.64. The van der Waals surface area contributed by atoms with Gasteiger partial charge in [-0.05, 0) is 32.6 Å². The van der Waals surface area contributed by atoms with Gasteiger partial charge in [-0.25, -0.2) is 4.98 Å². The zero-order valence-electron chi connectivity index (χ0n) is 11.8. The van der Waals surface area contributed by atoms with Gasteiger partial charge in [0.05, 0.1) is 10.7 Å². The number of nitrogens with one attached hydrogen (secondary N) is 2. The average Bonchev–Trinajstić information content (AvgIpc) is 3.10. The zero-order valence-corrected chi connectivity index (χ0v) is 15.0. The van der Waals surface area contributed by atoms with E-state index in [2.05, 4.69) is 34.5 Å². The van der Waals surface area contributed by atoms with Gasteiger partial charge in [-0.1, -0.05) is 0 Å². The van der Waals surface area contributed by atoms with Crippen molar-refractivity contribution in [2.45, 2.75) is 33.1 Å². The molecule has 1 fully saturated rings. The summed E-state index contributed by atoms with van der Waals surface area (Å²) in [6, 6.07) is 0. The number of aromatic nitrogens is 1. The van der Waals surface area contributed by atoms with Gasteiger partial charge < -0.3 is 10.6 Å². The third-order valence-corrected chi connectivity index (χ3v) is 4.26. The van der Waals surface area contributed by atoms with Gasteiger partial charge >= 0.3 is 0 Å². The smallest absolute Gasteiger partial charge is 0.190 e. The molecule has 1 saturated carbocycles. The molecule has 2 rings (SSSR count). The Morgan fingerprint density at radius 3 is 2.63 bits per heavy atom. The normalized spacial score (nSPS) is 15.0. The largest absolute Gasteiger partial charge is 0.356 e. The fourth-order valence-corrected chi connectivity index (χ4v) is 2.82. The van der Waals surface area contributed by atoms with E-state index in [9.17, 15) is 0 Å². The van der Waals surface area contributed by atoms with Crippen molar-refractivity contribution in [2.75, 3.05) is 20.1 Å². The Morgan fingerprint density at radius 2 is 2.11 bits per heavy atom. The highest BCUT2D eigenvalue weighted by atomic mass is 127. The lowest BCUT2D eigenvalue weighted by Crippen LogP contribution is -2.39. The molecule has 19 heavy (non-hydrogen) atoms. The second-order valence-corrected chi connectivity index (χ2v) is 6.10. The summed E-state index contributed by atoms with van der Waals surface area (Å²) < 4.78 is 0. The molecule has 0 bridgehead atoms. The van der Waals surface area contributed by atoms with Gasteiger partial charge in [0.2, 0.25) is 0 Å². The first-order valence-corrected chi connectivity index (χ1v) is 7.38. The number of hydrogen-bond donors (Lipinski definition) is 2. The summed E-state index contributed by atoms with van der Waals surface area (Å²) in [5.74, 6) is 1.79. The van der Waals surface area contributed by atoms with Gasteiger partial charge in [-0.2, -0.15) is 0 Å². The summed E-state index contributed by atoms with van der Waals surface area (Å²) in [7, 11) is 1.82. The molecule has 1 aromatic rings. The summed E-state index contributed by atoms with van der Waals surface area (Å²) in [5, 5.41) is 7.87. The van der Waals surface area contributed by atoms with Crippen molar-refractivity contribution in [3.63, 3.8) is 0 Å². The second kappa shape index (κ2) is 8.04. The lowest BCUT2D eigenvalue weighted by Gasteiger charge is -2.10. The molecular formula is C13H23IN4S. The number of guanidine groups is 1. The fraction of sp³-hybridized carbons (Fsp3) is 0.692. The van der Waals surface area contributed by atoms with Crippen molar-refractivity contribution in [3.8, 4) is 0 Å². The summed E-state index contributed by atoms with van der Waals surface area (Å²) >= 11 is 1.79. The molecule has 2 N–H and O–H groups in total. The maximum atomic E-state index is 4.44. The van der Waals surface area contributed by atoms with Crippen LogP contribution in [0.1, 0.15) is 28.4 Å². The molecule has 4 nitrogen and oxygen atoms in total. The minimum absolute atomic E-state index is 0. The van der Waals surface area contributed by atoms with Crippen LogP contribution in [0.5, 0.6) is 0 Å². The summed E-state index contributed by atoms with van der Waals surface area (Å²) in [6.45, 7) is 6.11. The predicted molar refractivity (Wildman–Crippen MR) is 92.8 cm³/mol. The quantitative estimate of drug-likeness (QED) is 0.459. The highest BCUT2D eigenvalue weighted by Gasteiger charge is 2.20. The Morgan fingerprint density at radius 1 is 1.37 bits per heavy atom. The van der Waals surface area contributed by atoms with E-state index in [1.165, 1.54) is 23.4 Å². The molecule has 0 amide bonds. The third-order valence-electron chi connectivity index (χ3n) is 3.12. The van der Waals surface area contributed by atoms with Crippen LogP contribution in [0.15, 0.2) is 4.99 Å². The SMILES string of the molecule is CN=C(NCCc1sc(C)nc1C)NCC1CC1.I. The van der Waals surface area contributed by atoms with Crippen LogP contribution in [0.4, 0.5) is 0 Å². The molecule has 0 saturated heterocycles. The van der Waals surface area contributed by atoms with Crippen molar-refractivity contribution in [3.05, 3.63) is 15.6 Å². The van der Waals surface area contributed by atoms with E-state index in [4.69, 9.17) is 0 Å². The van der Waals surface area contributed by atoms with Crippen LogP contribution in [0, 0.1) is 19.8 Å². The first-order valence-electron chi connectivity index (χ1n) is 6.56. The molecule has 1 aromatic heterocycles. The first kappa shape index (κ1) is 16.7. The highest BCUT2D eigenvalue weighted by molar-refractivity contribution is 14.0. The van der Waals surface area contributed by atoms with E-state index >= 15 is 0 Å². The van der Waals surface area contributed by atoms with Crippen LogP contribution >= 0.6 is 35.3 Å². The summed E-state index contributed by atoms with van der Waals surface area (Å²) in [6.07, 6.45) is 3.74. The van der Waals surface area contributed by atoms with Gasteiger partial charge in [-0.15, -0.1) is 35.3 Å². The van der Waals surface area contributed by atoms with Crippen LogP contribution < -0.4 is 10.6 Å². The topological polar surface area (TPSA) is 49.3 Å². The molecule has 1 aliphatic rings. The maximum absolute atomic E-state index is 4.44. The summed E-state index contributed by atoms with van der Waals surface area (Å²) in [4.78, 5) is 10.0. The van der Waals surface area contributed by atoms with E-state index in [0.29, 0.717) is 0 Å². The number of nitrogens with zero attached hydrogens (tertiary/aromatic N) is 2. The van der Waals surface area contributed by atoms with E-state index in [1.54, 1.807) is 11.3 Å². The number of rotatable bonds is 5. The fourth-order valence-electron chi connectivity index (χ4n) is 1.88. The van der Waals surface area contributed by atoms with E-state index in [1.807, 2.05) is 7.05 Å². The standard InChI is InChI=1S/C13H22N4S.HI/c1-9-12(18-10(2)17-9)6-7-15-13(14-3)16-8-11-4-5-11;/h11H,4-8H2,1-3H3,(H2,14,15,16);1H. The van der Waals surface area contributed by atoms with E-state index in [0.717, 1.165) is 36.4 Å². The monoisotopic (exact) mass is 394 g/mol. The van der Waals surface area contributed by atoms with Gasteiger partial charge in [0.1, 0.15) is 0 Å². The van der Waals surface area contributed by atoms with Crippen LogP contribution in [-0.4, -0.2) is 31.1 Å². The van der Waals surface area contributed by atoms with Crippen molar-refractivity contribution >= 4 is 41.3 Å². The Bertz CT molecular complexity index is 426. The maximum Gasteiger partial charge on any atom is 0.190 e. The van der Waals surface area contributed by atoms with Crippen molar-refractivity contribution in [1.29, 1.82) is 0 Å². The molecule has 0 aliphatic heterocycles. The van der Waals surface area contributed by atoms with Crippen LogP contribution in [0.3, 0.4) is 0 Å². The Balaban J connectivity index is 0.00000180. The summed E-state index contributed by atoms with van der Waals surface area (Å²) in [5.41, 5.74) is 1.17. The molecule has 0 unspecified atom stereocenters. The molecule has 0 spiro atoms. The number of halogens is 1. The molecule has 0 aromatic carbocycles. The first-order chi connectivity index (χ1) is 8.69. The minimum atomic E-state index is 0. The van der Waals surface area contributed by atoms with Crippen molar-refractivity contribution in [2.24, 2.45) is 10.9 Å². The number of thiazole rings is 1. The molecule has 0 atom stereocenters. The molecule has 1 heterocycles. The Kier molecular flexibility index (Phi) is 7.06. The number of aliphatic imine (C=N–C) groups is 1. The second-order valence-electron chi connectivity index (χ2n) is 4.81. The molecular weight excluding hydrogens is 371 g/mol. The van der Waals surface area contributed by atoms with Crippen LogP contribution in [-0.2, 0) is 6.42 Å². The Hall–Kier alpha value is -0.370. The molecule has 1 aliphatic carbocycles. The Labute approximate surface area is 136 Å². The number of aryl methyl sites for hydroxylation is 2. The van der Waals surface area contributed by atoms with Crippen molar-refractivity contribution in [1.82, 2.24) is 15.6 Å².